The van der Waals surface area contributed by atoms with E-state index in [4.69, 9.17) is 4.74 Å². The normalized spacial score (nSPS) is 20.5. The molecule has 156 valence electrons. The van der Waals surface area contributed by atoms with E-state index in [1.54, 1.807) is 12.0 Å². The van der Waals surface area contributed by atoms with Crippen molar-refractivity contribution in [3.8, 4) is 5.75 Å². The summed E-state index contributed by atoms with van der Waals surface area (Å²) < 4.78 is 5.32. The van der Waals surface area contributed by atoms with E-state index in [0.717, 1.165) is 11.3 Å². The van der Waals surface area contributed by atoms with E-state index in [-0.39, 0.29) is 29.7 Å². The minimum absolute atomic E-state index is 0.0399. The van der Waals surface area contributed by atoms with Crippen LogP contribution in [-0.4, -0.2) is 42.6 Å². The van der Waals surface area contributed by atoms with E-state index in [1.807, 2.05) is 55.5 Å². The third-order valence-corrected chi connectivity index (χ3v) is 5.86. The van der Waals surface area contributed by atoms with Gasteiger partial charge in [-0.3, -0.25) is 19.9 Å². The Balaban J connectivity index is 1.51. The number of carbonyl (C=O) groups is 2. The molecule has 2 aliphatic rings. The van der Waals surface area contributed by atoms with Gasteiger partial charge in [-0.1, -0.05) is 36.0 Å². The summed E-state index contributed by atoms with van der Waals surface area (Å²) in [5.74, 6) is 0.185. The number of nitrogens with zero attached hydrogens (tertiary/aromatic N) is 2. The van der Waals surface area contributed by atoms with Crippen LogP contribution in [0.4, 0.5) is 11.4 Å². The van der Waals surface area contributed by atoms with E-state index in [0.29, 0.717) is 23.1 Å². The number of hydrogen-bond acceptors (Lipinski definition) is 7. The molecule has 3 N–H and O–H groups in total. The highest BCUT2D eigenvalue weighted by Gasteiger charge is 2.42. The molecule has 0 aliphatic carbocycles. The lowest BCUT2D eigenvalue weighted by molar-refractivity contribution is -0.121. The average Bonchev–Trinajstić information content (AvgIpc) is 3.22. The van der Waals surface area contributed by atoms with E-state index >= 15 is 0 Å². The van der Waals surface area contributed by atoms with Gasteiger partial charge in [0.25, 0.3) is 0 Å². The van der Waals surface area contributed by atoms with Crippen molar-refractivity contribution in [2.75, 3.05) is 29.6 Å². The van der Waals surface area contributed by atoms with Crippen LogP contribution in [0.25, 0.3) is 0 Å². The number of rotatable bonds is 5. The second kappa shape index (κ2) is 8.86. The number of aliphatic imine (C=N–C) groups is 1. The van der Waals surface area contributed by atoms with Crippen LogP contribution in [0.1, 0.15) is 5.56 Å². The van der Waals surface area contributed by atoms with Gasteiger partial charge in [0.15, 0.2) is 5.17 Å². The Labute approximate surface area is 179 Å². The standard InChI is InChI=1S/C21H23N5O3S/c1-13-8-9-17(29-2)16(10-13)23-18(27)12-30-21-24-19-15(11-22-25-19)20(28)26(21)14-6-4-3-5-7-14/h3-10,15,19,22,25H,11-12H2,1-2H3,(H,23,27). The molecule has 1 fully saturated rings. The summed E-state index contributed by atoms with van der Waals surface area (Å²) in [6.45, 7) is 2.46. The zero-order chi connectivity index (χ0) is 21.1. The molecule has 2 aromatic carbocycles. The number of carbonyl (C=O) groups excluding carboxylic acids is 2. The quantitative estimate of drug-likeness (QED) is 0.679. The largest absolute Gasteiger partial charge is 0.495 e. The maximum Gasteiger partial charge on any atom is 0.241 e. The lowest BCUT2D eigenvalue weighted by atomic mass is 10.1. The maximum absolute atomic E-state index is 13.1. The summed E-state index contributed by atoms with van der Waals surface area (Å²) >= 11 is 1.23. The third kappa shape index (κ3) is 4.18. The highest BCUT2D eigenvalue weighted by molar-refractivity contribution is 8.14. The van der Waals surface area contributed by atoms with Crippen LogP contribution < -0.4 is 25.8 Å². The number of fused-ring (bicyclic) bond motifs is 1. The first-order chi connectivity index (χ1) is 14.6. The zero-order valence-corrected chi connectivity index (χ0v) is 17.5. The van der Waals surface area contributed by atoms with Crippen molar-refractivity contribution in [2.45, 2.75) is 13.1 Å². The van der Waals surface area contributed by atoms with Crippen molar-refractivity contribution >= 4 is 40.1 Å². The Morgan fingerprint density at radius 1 is 1.30 bits per heavy atom. The van der Waals surface area contributed by atoms with Gasteiger partial charge < -0.3 is 10.1 Å². The van der Waals surface area contributed by atoms with Crippen LogP contribution in [0, 0.1) is 12.8 Å². The second-order valence-electron chi connectivity index (χ2n) is 7.04. The molecule has 0 spiro atoms. The molecule has 2 atom stereocenters. The number of methoxy groups -OCH3 is 1. The van der Waals surface area contributed by atoms with Gasteiger partial charge in [-0.2, -0.15) is 0 Å². The smallest absolute Gasteiger partial charge is 0.241 e. The van der Waals surface area contributed by atoms with Gasteiger partial charge in [-0.25, -0.2) is 10.4 Å². The van der Waals surface area contributed by atoms with E-state index in [9.17, 15) is 9.59 Å². The van der Waals surface area contributed by atoms with Gasteiger partial charge >= 0.3 is 0 Å². The molecule has 4 rings (SSSR count). The third-order valence-electron chi connectivity index (χ3n) is 4.91. The number of amidine groups is 1. The van der Waals surface area contributed by atoms with Crippen LogP contribution in [-0.2, 0) is 9.59 Å². The predicted octanol–water partition coefficient (Wildman–Crippen LogP) is 2.13. The molecule has 2 unspecified atom stereocenters. The Hall–Kier alpha value is -2.88. The van der Waals surface area contributed by atoms with E-state index in [1.165, 1.54) is 11.8 Å². The lowest BCUT2D eigenvalue weighted by Gasteiger charge is -2.32. The molecule has 0 radical (unpaired) electrons. The van der Waals surface area contributed by atoms with Crippen LogP contribution in [0.2, 0.25) is 0 Å². The van der Waals surface area contributed by atoms with Gasteiger partial charge in [0.2, 0.25) is 11.8 Å². The average molecular weight is 426 g/mol. The highest BCUT2D eigenvalue weighted by Crippen LogP contribution is 2.30. The van der Waals surface area contributed by atoms with Gasteiger partial charge in [0.1, 0.15) is 11.9 Å². The number of amides is 2. The predicted molar refractivity (Wildman–Crippen MR) is 119 cm³/mol. The molecule has 1 saturated heterocycles. The minimum atomic E-state index is -0.333. The summed E-state index contributed by atoms with van der Waals surface area (Å²) in [5, 5.41) is 3.38. The first kappa shape index (κ1) is 20.4. The van der Waals surface area contributed by atoms with Gasteiger partial charge in [-0.05, 0) is 36.8 Å². The van der Waals surface area contributed by atoms with Gasteiger partial charge in [0, 0.05) is 6.54 Å². The molecule has 0 bridgehead atoms. The number of nitrogens with one attached hydrogen (secondary N) is 3. The Bertz CT molecular complexity index is 982. The first-order valence-electron chi connectivity index (χ1n) is 9.59. The first-order valence-corrected chi connectivity index (χ1v) is 10.6. The van der Waals surface area contributed by atoms with E-state index < -0.39 is 0 Å². The number of para-hydroxylation sites is 1. The molecule has 9 heteroatoms. The number of thioether (sulfide) groups is 1. The Morgan fingerprint density at radius 2 is 2.10 bits per heavy atom. The number of benzene rings is 2. The van der Waals surface area contributed by atoms with Crippen molar-refractivity contribution in [3.63, 3.8) is 0 Å². The maximum atomic E-state index is 13.1. The second-order valence-corrected chi connectivity index (χ2v) is 7.98. The Morgan fingerprint density at radius 3 is 2.87 bits per heavy atom. The van der Waals surface area contributed by atoms with Gasteiger partial charge in [0.05, 0.1) is 30.2 Å². The fourth-order valence-electron chi connectivity index (χ4n) is 3.42. The molecule has 2 aliphatic heterocycles. The molecule has 8 nitrogen and oxygen atoms in total. The van der Waals surface area contributed by atoms with E-state index in [2.05, 4.69) is 21.2 Å². The molecule has 2 aromatic rings. The molecule has 2 amide bonds. The van der Waals surface area contributed by atoms with Crippen LogP contribution >= 0.6 is 11.8 Å². The summed E-state index contributed by atoms with van der Waals surface area (Å²) in [6.07, 6.45) is -0.333. The van der Waals surface area contributed by atoms with Gasteiger partial charge in [-0.15, -0.1) is 0 Å². The van der Waals surface area contributed by atoms with Crippen LogP contribution in [0.3, 0.4) is 0 Å². The monoisotopic (exact) mass is 425 g/mol. The SMILES string of the molecule is COc1ccc(C)cc1NC(=O)CSC1=NC2NNCC2C(=O)N1c1ccccc1. The molecule has 0 saturated carbocycles. The van der Waals surface area contributed by atoms with Crippen LogP contribution in [0.15, 0.2) is 53.5 Å². The lowest BCUT2D eigenvalue weighted by Crippen LogP contribution is -2.49. The molecule has 0 aromatic heterocycles. The number of hydrogen-bond donors (Lipinski definition) is 3. The van der Waals surface area contributed by atoms with Crippen molar-refractivity contribution < 1.29 is 14.3 Å². The van der Waals surface area contributed by atoms with Crippen molar-refractivity contribution in [2.24, 2.45) is 10.9 Å². The number of hydrazine groups is 1. The Kier molecular flexibility index (Phi) is 6.03. The summed E-state index contributed by atoms with van der Waals surface area (Å²) in [6, 6.07) is 15.0. The summed E-state index contributed by atoms with van der Waals surface area (Å²) in [5.41, 5.74) is 8.39. The highest BCUT2D eigenvalue weighted by atomic mass is 32.2. The zero-order valence-electron chi connectivity index (χ0n) is 16.7. The molecule has 30 heavy (non-hydrogen) atoms. The number of ether oxygens (including phenoxy) is 1. The minimum Gasteiger partial charge on any atom is -0.495 e. The molecule has 2 heterocycles. The van der Waals surface area contributed by atoms with Crippen LogP contribution in [0.5, 0.6) is 5.75 Å². The number of aryl methyl sites for hydroxylation is 1. The fraction of sp³-hybridized carbons (Fsp3) is 0.286. The fourth-order valence-corrected chi connectivity index (χ4v) is 4.26. The summed E-state index contributed by atoms with van der Waals surface area (Å²) in [4.78, 5) is 32.0. The van der Waals surface area contributed by atoms with Crippen molar-refractivity contribution in [3.05, 3.63) is 54.1 Å². The molecular formula is C21H23N5O3S. The summed E-state index contributed by atoms with van der Waals surface area (Å²) in [7, 11) is 1.56. The topological polar surface area (TPSA) is 95.1 Å². The van der Waals surface area contributed by atoms with Crippen molar-refractivity contribution in [1.82, 2.24) is 10.9 Å². The van der Waals surface area contributed by atoms with Crippen molar-refractivity contribution in [1.29, 1.82) is 0 Å². The number of anilines is 2. The molecular weight excluding hydrogens is 402 g/mol.